The van der Waals surface area contributed by atoms with Crippen molar-refractivity contribution >= 4 is 5.78 Å². The third kappa shape index (κ3) is 15.3. The van der Waals surface area contributed by atoms with Gasteiger partial charge in [-0.25, -0.2) is 0 Å². The summed E-state index contributed by atoms with van der Waals surface area (Å²) in [7, 11) is 0. The number of hydrogen-bond donors (Lipinski definition) is 1. The molecule has 0 saturated carbocycles. The van der Waals surface area contributed by atoms with Crippen molar-refractivity contribution < 1.29 is 14.6 Å². The van der Waals surface area contributed by atoms with E-state index in [4.69, 9.17) is 4.74 Å². The van der Waals surface area contributed by atoms with E-state index >= 15 is 0 Å². The molecule has 0 aliphatic heterocycles. The van der Waals surface area contributed by atoms with Crippen LogP contribution in [0.15, 0.2) is 30.3 Å². The van der Waals surface area contributed by atoms with E-state index in [1.54, 1.807) is 6.92 Å². The lowest BCUT2D eigenvalue weighted by molar-refractivity contribution is -0.138. The lowest BCUT2D eigenvalue weighted by Crippen LogP contribution is -2.34. The third-order valence-corrected chi connectivity index (χ3v) is 6.05. The molecule has 0 spiro atoms. The van der Waals surface area contributed by atoms with E-state index in [-0.39, 0.29) is 5.78 Å². The van der Waals surface area contributed by atoms with Gasteiger partial charge in [-0.1, -0.05) is 127 Å². The largest absolute Gasteiger partial charge is 0.390 e. The average molecular weight is 433 g/mol. The van der Waals surface area contributed by atoms with Crippen LogP contribution in [0.4, 0.5) is 0 Å². The fraction of sp³-hybridized carbons (Fsp3) is 0.750. The number of carbonyl (C=O) groups is 1. The van der Waals surface area contributed by atoms with Gasteiger partial charge in [0, 0.05) is 6.42 Å². The predicted octanol–water partition coefficient (Wildman–Crippen LogP) is 7.78. The van der Waals surface area contributed by atoms with Crippen molar-refractivity contribution in [2.45, 2.75) is 135 Å². The summed E-state index contributed by atoms with van der Waals surface area (Å²) in [5, 5.41) is 9.94. The van der Waals surface area contributed by atoms with Gasteiger partial charge in [-0.3, -0.25) is 4.79 Å². The number of ketones is 1. The molecule has 0 fully saturated rings. The van der Waals surface area contributed by atoms with Crippen molar-refractivity contribution in [2.24, 2.45) is 0 Å². The molecule has 178 valence electrons. The monoisotopic (exact) mass is 432 g/mol. The first kappa shape index (κ1) is 27.8. The molecule has 2 atom stereocenters. The Balaban J connectivity index is 1.96. The second-order valence-corrected chi connectivity index (χ2v) is 9.12. The molecule has 3 heteroatoms. The molecule has 1 aromatic rings. The molecule has 0 aliphatic carbocycles. The maximum absolute atomic E-state index is 12.5. The van der Waals surface area contributed by atoms with Gasteiger partial charge in [0.15, 0.2) is 5.78 Å². The molecule has 0 bridgehead atoms. The van der Waals surface area contributed by atoms with Crippen molar-refractivity contribution in [3.8, 4) is 0 Å². The van der Waals surface area contributed by atoms with Crippen molar-refractivity contribution in [1.29, 1.82) is 0 Å². The first-order valence-corrected chi connectivity index (χ1v) is 13.0. The van der Waals surface area contributed by atoms with Crippen molar-refractivity contribution in [3.05, 3.63) is 35.9 Å². The third-order valence-electron chi connectivity index (χ3n) is 6.05. The summed E-state index contributed by atoms with van der Waals surface area (Å²) >= 11 is 0. The highest BCUT2D eigenvalue weighted by Crippen LogP contribution is 2.15. The number of unbranched alkanes of at least 4 members (excludes halogenated alkanes) is 14. The van der Waals surface area contributed by atoms with Crippen LogP contribution < -0.4 is 0 Å². The Bertz CT molecular complexity index is 526. The van der Waals surface area contributed by atoms with Gasteiger partial charge in [-0.2, -0.15) is 0 Å². The molecule has 0 heterocycles. The van der Waals surface area contributed by atoms with Crippen LogP contribution in [0, 0.1) is 0 Å². The standard InChI is InChI=1S/C28H48O3/c1-3-4-5-6-7-8-9-10-11-12-13-14-15-16-20-23-27(30)28(25(2)29)31-24-26-21-18-17-19-22-26/h17-19,21-22,25,28-29H,3-16,20,23-24H2,1-2H3. The minimum Gasteiger partial charge on any atom is -0.390 e. The molecule has 31 heavy (non-hydrogen) atoms. The Labute approximate surface area is 192 Å². The number of carbonyl (C=O) groups excluding carboxylic acids is 1. The Morgan fingerprint density at radius 1 is 0.774 bits per heavy atom. The van der Waals surface area contributed by atoms with E-state index in [0.717, 1.165) is 18.4 Å². The zero-order chi connectivity index (χ0) is 22.6. The minimum absolute atomic E-state index is 0.0284. The van der Waals surface area contributed by atoms with Gasteiger partial charge in [0.1, 0.15) is 6.10 Å². The molecule has 1 N–H and O–H groups in total. The highest BCUT2D eigenvalue weighted by Gasteiger charge is 2.23. The van der Waals surface area contributed by atoms with E-state index in [1.165, 1.54) is 83.5 Å². The summed E-state index contributed by atoms with van der Waals surface area (Å²) in [6.07, 6.45) is 18.8. The Morgan fingerprint density at radius 2 is 1.23 bits per heavy atom. The van der Waals surface area contributed by atoms with E-state index in [2.05, 4.69) is 6.92 Å². The van der Waals surface area contributed by atoms with Crippen molar-refractivity contribution in [3.63, 3.8) is 0 Å². The second-order valence-electron chi connectivity index (χ2n) is 9.12. The summed E-state index contributed by atoms with van der Waals surface area (Å²) in [5.74, 6) is 0.0284. The number of rotatable bonds is 21. The average Bonchev–Trinajstić information content (AvgIpc) is 2.77. The Morgan fingerprint density at radius 3 is 1.68 bits per heavy atom. The van der Waals surface area contributed by atoms with Gasteiger partial charge in [0.05, 0.1) is 12.7 Å². The van der Waals surface area contributed by atoms with Gasteiger partial charge in [0.25, 0.3) is 0 Å². The lowest BCUT2D eigenvalue weighted by Gasteiger charge is -2.19. The van der Waals surface area contributed by atoms with Crippen LogP contribution in [0.3, 0.4) is 0 Å². The second kappa shape index (κ2) is 19.5. The van der Waals surface area contributed by atoms with Gasteiger partial charge < -0.3 is 9.84 Å². The molecule has 0 aromatic heterocycles. The molecule has 1 rings (SSSR count). The topological polar surface area (TPSA) is 46.5 Å². The van der Waals surface area contributed by atoms with Crippen LogP contribution in [-0.2, 0) is 16.1 Å². The predicted molar refractivity (Wildman–Crippen MR) is 131 cm³/mol. The number of hydrogen-bond acceptors (Lipinski definition) is 3. The number of Topliss-reactive ketones (excluding diaryl/α,β-unsaturated/α-hetero) is 1. The SMILES string of the molecule is CCCCCCCCCCCCCCCCCC(=O)C(OCc1ccccc1)C(C)O. The Hall–Kier alpha value is -1.19. The summed E-state index contributed by atoms with van der Waals surface area (Å²) < 4.78 is 5.73. The number of ether oxygens (including phenoxy) is 1. The van der Waals surface area contributed by atoms with E-state index < -0.39 is 12.2 Å². The number of benzene rings is 1. The van der Waals surface area contributed by atoms with Crippen molar-refractivity contribution in [1.82, 2.24) is 0 Å². The summed E-state index contributed by atoms with van der Waals surface area (Å²) in [6, 6.07) is 9.80. The number of aliphatic hydroxyl groups is 1. The molecule has 0 radical (unpaired) electrons. The van der Waals surface area contributed by atoms with E-state index in [1.807, 2.05) is 30.3 Å². The van der Waals surface area contributed by atoms with Gasteiger partial charge >= 0.3 is 0 Å². The highest BCUT2D eigenvalue weighted by molar-refractivity contribution is 5.83. The van der Waals surface area contributed by atoms with Crippen LogP contribution >= 0.6 is 0 Å². The first-order valence-electron chi connectivity index (χ1n) is 13.0. The summed E-state index contributed by atoms with van der Waals surface area (Å²) in [6.45, 7) is 4.27. The molecular formula is C28H48O3. The van der Waals surface area contributed by atoms with Crippen LogP contribution in [-0.4, -0.2) is 23.1 Å². The first-order chi connectivity index (χ1) is 15.1. The molecule has 1 aromatic carbocycles. The summed E-state index contributed by atoms with van der Waals surface area (Å²) in [5.41, 5.74) is 1.02. The maximum Gasteiger partial charge on any atom is 0.164 e. The molecule has 3 nitrogen and oxygen atoms in total. The normalized spacial score (nSPS) is 13.3. The van der Waals surface area contributed by atoms with Crippen LogP contribution in [0.5, 0.6) is 0 Å². The summed E-state index contributed by atoms with van der Waals surface area (Å²) in [4.78, 5) is 12.5. The van der Waals surface area contributed by atoms with Crippen LogP contribution in [0.1, 0.15) is 122 Å². The van der Waals surface area contributed by atoms with Gasteiger partial charge in [-0.15, -0.1) is 0 Å². The fourth-order valence-electron chi connectivity index (χ4n) is 4.07. The maximum atomic E-state index is 12.5. The van der Waals surface area contributed by atoms with Gasteiger partial charge in [-0.05, 0) is 18.9 Å². The fourth-order valence-corrected chi connectivity index (χ4v) is 4.07. The quantitative estimate of drug-likeness (QED) is 0.202. The highest BCUT2D eigenvalue weighted by atomic mass is 16.5. The van der Waals surface area contributed by atoms with Crippen LogP contribution in [0.2, 0.25) is 0 Å². The minimum atomic E-state index is -0.771. The van der Waals surface area contributed by atoms with Crippen LogP contribution in [0.25, 0.3) is 0 Å². The molecular weight excluding hydrogens is 384 g/mol. The molecule has 0 amide bonds. The zero-order valence-corrected chi connectivity index (χ0v) is 20.3. The zero-order valence-electron chi connectivity index (χ0n) is 20.3. The lowest BCUT2D eigenvalue weighted by atomic mass is 10.0. The smallest absolute Gasteiger partial charge is 0.164 e. The molecule has 2 unspecified atom stereocenters. The number of aliphatic hydroxyl groups excluding tert-OH is 1. The van der Waals surface area contributed by atoms with Crippen molar-refractivity contribution in [2.75, 3.05) is 0 Å². The van der Waals surface area contributed by atoms with Gasteiger partial charge in [0.2, 0.25) is 0 Å². The molecule has 0 aliphatic rings. The van der Waals surface area contributed by atoms with E-state index in [9.17, 15) is 9.90 Å². The Kier molecular flexibility index (Phi) is 17.5. The van der Waals surface area contributed by atoms with E-state index in [0.29, 0.717) is 13.0 Å². The molecule has 0 saturated heterocycles.